The number of nitrogens with zero attached hydrogens (tertiary/aromatic N) is 2. The average Bonchev–Trinajstić information content (AvgIpc) is 2.99. The molecule has 3 aromatic rings. The highest BCUT2D eigenvalue weighted by atomic mass is 16.5. The molecule has 3 rings (SSSR count). The molecule has 1 aromatic carbocycles. The molecule has 0 saturated heterocycles. The maximum absolute atomic E-state index is 12.4. The third-order valence-electron chi connectivity index (χ3n) is 4.06. The van der Waals surface area contributed by atoms with Crippen molar-refractivity contribution in [2.24, 2.45) is 0 Å². The number of furan rings is 1. The van der Waals surface area contributed by atoms with Crippen LogP contribution in [0, 0.1) is 13.8 Å². The molecule has 0 saturated carbocycles. The zero-order valence-electron chi connectivity index (χ0n) is 16.0. The van der Waals surface area contributed by atoms with E-state index in [0.717, 1.165) is 16.0 Å². The van der Waals surface area contributed by atoms with E-state index < -0.39 is 11.5 Å². The summed E-state index contributed by atoms with van der Waals surface area (Å²) >= 11 is 0. The van der Waals surface area contributed by atoms with Gasteiger partial charge in [0, 0.05) is 11.3 Å². The van der Waals surface area contributed by atoms with Crippen molar-refractivity contribution in [1.29, 1.82) is 0 Å². The van der Waals surface area contributed by atoms with E-state index in [0.29, 0.717) is 29.5 Å². The average molecular weight is 382 g/mol. The van der Waals surface area contributed by atoms with Crippen molar-refractivity contribution in [3.05, 3.63) is 58.3 Å². The van der Waals surface area contributed by atoms with E-state index in [1.807, 2.05) is 19.9 Å². The second kappa shape index (κ2) is 7.99. The van der Waals surface area contributed by atoms with Crippen LogP contribution in [0.1, 0.15) is 18.4 Å². The van der Waals surface area contributed by atoms with Gasteiger partial charge in [0.05, 0.1) is 12.3 Å². The second-order valence-electron chi connectivity index (χ2n) is 6.28. The predicted molar refractivity (Wildman–Crippen MR) is 106 cm³/mol. The van der Waals surface area contributed by atoms with Crippen LogP contribution in [0.4, 0.5) is 11.4 Å². The maximum atomic E-state index is 12.4. The van der Waals surface area contributed by atoms with Crippen molar-refractivity contribution >= 4 is 17.3 Å². The molecule has 0 atom stereocenters. The molecule has 0 aliphatic rings. The van der Waals surface area contributed by atoms with Crippen molar-refractivity contribution in [2.75, 3.05) is 17.7 Å². The number of anilines is 2. The molecule has 0 aliphatic carbocycles. The van der Waals surface area contributed by atoms with Gasteiger partial charge in [-0.15, -0.1) is 0 Å². The molecule has 8 nitrogen and oxygen atoms in total. The number of amides is 1. The van der Waals surface area contributed by atoms with Gasteiger partial charge in [0.15, 0.2) is 0 Å². The first-order chi connectivity index (χ1) is 13.4. The predicted octanol–water partition coefficient (Wildman–Crippen LogP) is 2.74. The molecule has 1 amide bonds. The molecule has 8 heteroatoms. The third-order valence-corrected chi connectivity index (χ3v) is 4.06. The first-order valence-electron chi connectivity index (χ1n) is 8.85. The number of rotatable bonds is 6. The van der Waals surface area contributed by atoms with Crippen molar-refractivity contribution in [3.63, 3.8) is 0 Å². The molecule has 3 N–H and O–H groups in total. The minimum Gasteiger partial charge on any atom is -0.494 e. The number of nitrogen functional groups attached to an aromatic ring is 1. The summed E-state index contributed by atoms with van der Waals surface area (Å²) in [5.41, 5.74) is 7.12. The lowest BCUT2D eigenvalue weighted by Gasteiger charge is -2.10. The first kappa shape index (κ1) is 19.2. The number of hydrogen-bond acceptors (Lipinski definition) is 6. The summed E-state index contributed by atoms with van der Waals surface area (Å²) in [5.74, 6) is 1.70. The summed E-state index contributed by atoms with van der Waals surface area (Å²) in [6.45, 7) is 5.81. The number of aromatic nitrogens is 2. The van der Waals surface area contributed by atoms with Crippen LogP contribution >= 0.6 is 0 Å². The fourth-order valence-electron chi connectivity index (χ4n) is 2.82. The molecule has 0 bridgehead atoms. The summed E-state index contributed by atoms with van der Waals surface area (Å²) in [4.78, 5) is 24.7. The molecule has 0 radical (unpaired) electrons. The fraction of sp³-hybridized carbons (Fsp3) is 0.250. The highest BCUT2D eigenvalue weighted by molar-refractivity contribution is 5.90. The van der Waals surface area contributed by atoms with Crippen LogP contribution in [0.2, 0.25) is 0 Å². The number of aryl methyl sites for hydroxylation is 2. The van der Waals surface area contributed by atoms with Crippen LogP contribution in [-0.2, 0) is 11.3 Å². The van der Waals surface area contributed by atoms with E-state index in [2.05, 4.69) is 10.4 Å². The van der Waals surface area contributed by atoms with Gasteiger partial charge in [-0.3, -0.25) is 9.59 Å². The SMILES string of the molecule is CCOc1ccc(NC(=O)Cn2nc(-c3cc(C)oc3C)cc(N)c2=O)cc1. The van der Waals surface area contributed by atoms with Crippen LogP contribution in [0.25, 0.3) is 11.3 Å². The zero-order chi connectivity index (χ0) is 20.3. The molecular weight excluding hydrogens is 360 g/mol. The van der Waals surface area contributed by atoms with E-state index in [-0.39, 0.29) is 12.2 Å². The number of carbonyl (C=O) groups excluding carboxylic acids is 1. The Balaban J connectivity index is 1.80. The largest absolute Gasteiger partial charge is 0.494 e. The lowest BCUT2D eigenvalue weighted by atomic mass is 10.1. The molecule has 2 heterocycles. The summed E-state index contributed by atoms with van der Waals surface area (Å²) in [6.07, 6.45) is 0. The molecule has 28 heavy (non-hydrogen) atoms. The quantitative estimate of drug-likeness (QED) is 0.678. The molecule has 0 spiro atoms. The van der Waals surface area contributed by atoms with Gasteiger partial charge in [-0.1, -0.05) is 0 Å². The van der Waals surface area contributed by atoms with Gasteiger partial charge < -0.3 is 20.2 Å². The monoisotopic (exact) mass is 382 g/mol. The van der Waals surface area contributed by atoms with E-state index in [1.54, 1.807) is 31.2 Å². The number of nitrogens with one attached hydrogen (secondary N) is 1. The van der Waals surface area contributed by atoms with Crippen molar-refractivity contribution in [1.82, 2.24) is 9.78 Å². The lowest BCUT2D eigenvalue weighted by Crippen LogP contribution is -2.31. The number of carbonyl (C=O) groups is 1. The highest BCUT2D eigenvalue weighted by Gasteiger charge is 2.15. The van der Waals surface area contributed by atoms with Gasteiger partial charge >= 0.3 is 0 Å². The summed E-state index contributed by atoms with van der Waals surface area (Å²) in [7, 11) is 0. The minimum absolute atomic E-state index is 0.0112. The molecular formula is C20H22N4O4. The van der Waals surface area contributed by atoms with Crippen LogP contribution in [-0.4, -0.2) is 22.3 Å². The van der Waals surface area contributed by atoms with Crippen LogP contribution in [0.3, 0.4) is 0 Å². The molecule has 0 unspecified atom stereocenters. The van der Waals surface area contributed by atoms with Gasteiger partial charge in [-0.2, -0.15) is 5.10 Å². The van der Waals surface area contributed by atoms with Gasteiger partial charge in [0.1, 0.15) is 29.5 Å². The Morgan fingerprint density at radius 1 is 1.25 bits per heavy atom. The molecule has 146 valence electrons. The fourth-order valence-corrected chi connectivity index (χ4v) is 2.82. The summed E-state index contributed by atoms with van der Waals surface area (Å²) < 4.78 is 11.9. The maximum Gasteiger partial charge on any atom is 0.290 e. The van der Waals surface area contributed by atoms with E-state index in [9.17, 15) is 9.59 Å². The third kappa shape index (κ3) is 4.22. The number of ether oxygens (including phenoxy) is 1. The Morgan fingerprint density at radius 3 is 2.57 bits per heavy atom. The van der Waals surface area contributed by atoms with Crippen LogP contribution < -0.4 is 21.3 Å². The highest BCUT2D eigenvalue weighted by Crippen LogP contribution is 2.25. The van der Waals surface area contributed by atoms with Crippen LogP contribution in [0.5, 0.6) is 5.75 Å². The van der Waals surface area contributed by atoms with Crippen molar-refractivity contribution in [2.45, 2.75) is 27.3 Å². The smallest absolute Gasteiger partial charge is 0.290 e. The zero-order valence-corrected chi connectivity index (χ0v) is 16.0. The number of hydrogen-bond donors (Lipinski definition) is 2. The van der Waals surface area contributed by atoms with Gasteiger partial charge in [0.25, 0.3) is 5.56 Å². The number of benzene rings is 1. The van der Waals surface area contributed by atoms with Gasteiger partial charge in [0.2, 0.25) is 5.91 Å². The van der Waals surface area contributed by atoms with E-state index in [1.165, 1.54) is 6.07 Å². The Kier molecular flexibility index (Phi) is 5.49. The minimum atomic E-state index is -0.525. The van der Waals surface area contributed by atoms with Gasteiger partial charge in [-0.25, -0.2) is 4.68 Å². The van der Waals surface area contributed by atoms with Gasteiger partial charge in [-0.05, 0) is 57.2 Å². The Labute approximate surface area is 161 Å². The summed E-state index contributed by atoms with van der Waals surface area (Å²) in [6, 6.07) is 10.3. The Morgan fingerprint density at radius 2 is 1.96 bits per heavy atom. The van der Waals surface area contributed by atoms with E-state index >= 15 is 0 Å². The van der Waals surface area contributed by atoms with Crippen molar-refractivity contribution < 1.29 is 13.9 Å². The normalized spacial score (nSPS) is 10.7. The topological polar surface area (TPSA) is 112 Å². The van der Waals surface area contributed by atoms with E-state index in [4.69, 9.17) is 14.9 Å². The molecule has 0 aliphatic heterocycles. The second-order valence-corrected chi connectivity index (χ2v) is 6.28. The van der Waals surface area contributed by atoms with Crippen molar-refractivity contribution in [3.8, 4) is 17.0 Å². The summed E-state index contributed by atoms with van der Waals surface area (Å²) in [5, 5.41) is 7.01. The first-order valence-corrected chi connectivity index (χ1v) is 8.85. The standard InChI is InChI=1S/C20H22N4O4/c1-4-27-15-7-5-14(6-8-15)22-19(25)11-24-20(26)17(21)10-18(23-24)16-9-12(2)28-13(16)3/h5-10H,4,11,21H2,1-3H3,(H,22,25). The number of nitrogens with two attached hydrogens (primary N) is 1. The molecule has 0 fully saturated rings. The molecule has 2 aromatic heterocycles. The Bertz CT molecular complexity index is 1050. The van der Waals surface area contributed by atoms with Crippen LogP contribution in [0.15, 0.2) is 45.6 Å². The Hall–Kier alpha value is -3.55. The lowest BCUT2D eigenvalue weighted by molar-refractivity contribution is -0.117.